The topological polar surface area (TPSA) is 39.2 Å². The lowest BCUT2D eigenvalue weighted by Crippen LogP contribution is -2.04. The summed E-state index contributed by atoms with van der Waals surface area (Å²) in [6, 6.07) is 20.0. The van der Waals surface area contributed by atoms with Gasteiger partial charge in [0.25, 0.3) is 0 Å². The Bertz CT molecular complexity index is 1250. The molecule has 4 heteroatoms. The summed E-state index contributed by atoms with van der Waals surface area (Å²) >= 11 is 0. The summed E-state index contributed by atoms with van der Waals surface area (Å²) in [5.41, 5.74) is 4.80. The molecule has 0 spiro atoms. The van der Waals surface area contributed by atoms with E-state index in [1.54, 1.807) is 12.1 Å². The normalized spacial score (nSPS) is 11.1. The number of hydrogen-bond acceptors (Lipinski definition) is 3. The average molecular weight is 413 g/mol. The standard InChI is InChI=1S/C27H24FNO2/c1-17(2)16-31-22-8-5-19(6-9-22)23-10-7-20(13-25(23)28)27-14-21(15-30)24-12-18(3)4-11-26(24)29-27/h4-15,17H,16H2,1-3H3. The third-order valence-electron chi connectivity index (χ3n) is 5.14. The minimum atomic E-state index is -0.341. The number of nitrogens with zero attached hydrogens (tertiary/aromatic N) is 1. The molecule has 0 radical (unpaired) electrons. The van der Waals surface area contributed by atoms with Crippen LogP contribution in [0, 0.1) is 18.7 Å². The minimum absolute atomic E-state index is 0.341. The van der Waals surface area contributed by atoms with Gasteiger partial charge in [-0.25, -0.2) is 9.37 Å². The molecule has 3 nitrogen and oxygen atoms in total. The fourth-order valence-electron chi connectivity index (χ4n) is 3.51. The van der Waals surface area contributed by atoms with Crippen LogP contribution in [0.2, 0.25) is 0 Å². The van der Waals surface area contributed by atoms with Gasteiger partial charge >= 0.3 is 0 Å². The van der Waals surface area contributed by atoms with Crippen molar-refractivity contribution in [3.8, 4) is 28.1 Å². The van der Waals surface area contributed by atoms with Gasteiger partial charge in [-0.05, 0) is 54.8 Å². The molecule has 0 amide bonds. The van der Waals surface area contributed by atoms with Crippen molar-refractivity contribution in [3.63, 3.8) is 0 Å². The SMILES string of the molecule is Cc1ccc2nc(-c3ccc(-c4ccc(OCC(C)C)cc4)c(F)c3)cc(C=O)c2c1. The van der Waals surface area contributed by atoms with Crippen LogP contribution in [-0.2, 0) is 0 Å². The second kappa shape index (κ2) is 8.68. The Balaban J connectivity index is 1.66. The molecule has 0 aliphatic carbocycles. The first kappa shape index (κ1) is 20.7. The molecule has 0 aliphatic rings. The summed E-state index contributed by atoms with van der Waals surface area (Å²) in [7, 11) is 0. The summed E-state index contributed by atoms with van der Waals surface area (Å²) in [5.74, 6) is 0.871. The summed E-state index contributed by atoms with van der Waals surface area (Å²) < 4.78 is 20.7. The Labute approximate surface area is 181 Å². The van der Waals surface area contributed by atoms with Gasteiger partial charge in [0.05, 0.1) is 17.8 Å². The maximum absolute atomic E-state index is 15.0. The van der Waals surface area contributed by atoms with Gasteiger partial charge in [-0.2, -0.15) is 0 Å². The lowest BCUT2D eigenvalue weighted by molar-refractivity contribution is 0.112. The maximum Gasteiger partial charge on any atom is 0.150 e. The minimum Gasteiger partial charge on any atom is -0.493 e. The van der Waals surface area contributed by atoms with E-state index in [0.717, 1.165) is 28.5 Å². The molecule has 0 saturated heterocycles. The summed E-state index contributed by atoms with van der Waals surface area (Å²) in [6.07, 6.45) is 0.820. The second-order valence-corrected chi connectivity index (χ2v) is 8.16. The quantitative estimate of drug-likeness (QED) is 0.324. The number of aryl methyl sites for hydroxylation is 1. The van der Waals surface area contributed by atoms with Crippen LogP contribution >= 0.6 is 0 Å². The molecular weight excluding hydrogens is 389 g/mol. The third kappa shape index (κ3) is 4.48. The van der Waals surface area contributed by atoms with Crippen molar-refractivity contribution in [2.75, 3.05) is 6.61 Å². The first-order valence-electron chi connectivity index (χ1n) is 10.3. The molecule has 0 unspecified atom stereocenters. The van der Waals surface area contributed by atoms with Crippen molar-refractivity contribution in [3.05, 3.63) is 83.7 Å². The highest BCUT2D eigenvalue weighted by molar-refractivity contribution is 5.98. The van der Waals surface area contributed by atoms with Gasteiger partial charge in [-0.15, -0.1) is 0 Å². The second-order valence-electron chi connectivity index (χ2n) is 8.16. The van der Waals surface area contributed by atoms with Crippen LogP contribution in [0.15, 0.2) is 66.7 Å². The number of benzene rings is 3. The van der Waals surface area contributed by atoms with Gasteiger partial charge in [0.15, 0.2) is 6.29 Å². The first-order valence-corrected chi connectivity index (χ1v) is 10.3. The Hall–Kier alpha value is -3.53. The number of hydrogen-bond donors (Lipinski definition) is 0. The predicted molar refractivity (Wildman–Crippen MR) is 123 cm³/mol. The van der Waals surface area contributed by atoms with Crippen LogP contribution in [0.5, 0.6) is 5.75 Å². The molecule has 0 fully saturated rings. The van der Waals surface area contributed by atoms with E-state index in [9.17, 15) is 9.18 Å². The lowest BCUT2D eigenvalue weighted by atomic mass is 10.00. The molecule has 0 atom stereocenters. The van der Waals surface area contributed by atoms with Gasteiger partial charge in [0.1, 0.15) is 11.6 Å². The van der Waals surface area contributed by atoms with Crippen molar-refractivity contribution in [2.45, 2.75) is 20.8 Å². The lowest BCUT2D eigenvalue weighted by Gasteiger charge is -2.11. The Morgan fingerprint density at radius 1 is 0.968 bits per heavy atom. The number of carbonyl (C=O) groups excluding carboxylic acids is 1. The zero-order chi connectivity index (χ0) is 22.0. The van der Waals surface area contributed by atoms with Crippen molar-refractivity contribution in [1.29, 1.82) is 0 Å². The molecule has 4 rings (SSSR count). The molecule has 0 N–H and O–H groups in total. The van der Waals surface area contributed by atoms with E-state index in [0.29, 0.717) is 40.4 Å². The van der Waals surface area contributed by atoms with Gasteiger partial charge < -0.3 is 4.74 Å². The van der Waals surface area contributed by atoms with Gasteiger partial charge in [0.2, 0.25) is 0 Å². The van der Waals surface area contributed by atoms with E-state index in [1.165, 1.54) is 6.07 Å². The number of aldehydes is 1. The predicted octanol–water partition coefficient (Wildman–Crippen LogP) is 6.86. The number of carbonyl (C=O) groups is 1. The highest BCUT2D eigenvalue weighted by Gasteiger charge is 2.12. The summed E-state index contributed by atoms with van der Waals surface area (Å²) in [5, 5.41) is 0.801. The maximum atomic E-state index is 15.0. The number of fused-ring (bicyclic) bond motifs is 1. The average Bonchev–Trinajstić information content (AvgIpc) is 2.77. The Morgan fingerprint density at radius 3 is 2.39 bits per heavy atom. The van der Waals surface area contributed by atoms with Crippen LogP contribution in [-0.4, -0.2) is 17.9 Å². The van der Waals surface area contributed by atoms with E-state index in [-0.39, 0.29) is 5.82 Å². The molecule has 31 heavy (non-hydrogen) atoms. The molecule has 1 heterocycles. The number of pyridine rings is 1. The zero-order valence-corrected chi connectivity index (χ0v) is 17.9. The van der Waals surface area contributed by atoms with Crippen LogP contribution in [0.1, 0.15) is 29.8 Å². The molecular formula is C27H24FNO2. The van der Waals surface area contributed by atoms with E-state index in [1.807, 2.05) is 55.5 Å². The largest absolute Gasteiger partial charge is 0.493 e. The summed E-state index contributed by atoms with van der Waals surface area (Å²) in [4.78, 5) is 16.3. The van der Waals surface area contributed by atoms with Crippen LogP contribution in [0.4, 0.5) is 4.39 Å². The van der Waals surface area contributed by atoms with Gasteiger partial charge in [0, 0.05) is 22.1 Å². The van der Waals surface area contributed by atoms with Crippen molar-refractivity contribution < 1.29 is 13.9 Å². The zero-order valence-electron chi connectivity index (χ0n) is 17.9. The number of halogens is 1. The smallest absolute Gasteiger partial charge is 0.150 e. The number of aromatic nitrogens is 1. The molecule has 4 aromatic rings. The van der Waals surface area contributed by atoms with E-state index < -0.39 is 0 Å². The Kier molecular flexibility index (Phi) is 5.81. The number of rotatable bonds is 6. The molecule has 156 valence electrons. The first-order chi connectivity index (χ1) is 14.9. The van der Waals surface area contributed by atoms with Crippen LogP contribution < -0.4 is 4.74 Å². The van der Waals surface area contributed by atoms with Gasteiger partial charge in [-0.1, -0.05) is 49.7 Å². The fraction of sp³-hybridized carbons (Fsp3) is 0.185. The monoisotopic (exact) mass is 413 g/mol. The van der Waals surface area contributed by atoms with E-state index in [2.05, 4.69) is 18.8 Å². The van der Waals surface area contributed by atoms with E-state index >= 15 is 0 Å². The fourth-order valence-corrected chi connectivity index (χ4v) is 3.51. The van der Waals surface area contributed by atoms with Crippen molar-refractivity contribution in [1.82, 2.24) is 4.98 Å². The summed E-state index contributed by atoms with van der Waals surface area (Å²) in [6.45, 7) is 6.80. The Morgan fingerprint density at radius 2 is 1.71 bits per heavy atom. The molecule has 3 aromatic carbocycles. The number of ether oxygens (including phenoxy) is 1. The van der Waals surface area contributed by atoms with Crippen LogP contribution in [0.25, 0.3) is 33.3 Å². The molecule has 0 aliphatic heterocycles. The van der Waals surface area contributed by atoms with E-state index in [4.69, 9.17) is 4.74 Å². The third-order valence-corrected chi connectivity index (χ3v) is 5.14. The highest BCUT2D eigenvalue weighted by atomic mass is 19.1. The molecule has 0 bridgehead atoms. The molecule has 1 aromatic heterocycles. The van der Waals surface area contributed by atoms with Crippen molar-refractivity contribution in [2.24, 2.45) is 5.92 Å². The van der Waals surface area contributed by atoms with Gasteiger partial charge in [-0.3, -0.25) is 4.79 Å². The highest BCUT2D eigenvalue weighted by Crippen LogP contribution is 2.30. The van der Waals surface area contributed by atoms with Crippen LogP contribution in [0.3, 0.4) is 0 Å². The van der Waals surface area contributed by atoms with Crippen molar-refractivity contribution >= 4 is 17.2 Å². The molecule has 0 saturated carbocycles.